The van der Waals surface area contributed by atoms with Crippen LogP contribution in [0.15, 0.2) is 0 Å². The van der Waals surface area contributed by atoms with Gasteiger partial charge in [0.1, 0.15) is 4.34 Å². The van der Waals surface area contributed by atoms with Crippen molar-refractivity contribution in [3.05, 3.63) is 10.0 Å². The number of halogens is 1. The van der Waals surface area contributed by atoms with E-state index in [1.54, 1.807) is 0 Å². The first-order valence-corrected chi connectivity index (χ1v) is 3.78. The number of nitrogens with zero attached hydrogens (tertiary/aromatic N) is 1. The molecule has 0 aromatic carbocycles. The van der Waals surface area contributed by atoms with Crippen molar-refractivity contribution < 1.29 is 14.6 Å². The summed E-state index contributed by atoms with van der Waals surface area (Å²) in [6.45, 7) is 0. The molecule has 0 saturated carbocycles. The van der Waals surface area contributed by atoms with E-state index < -0.39 is 5.97 Å². The fraction of sp³-hybridized carbons (Fsp3) is 0.200. The standard InChI is InChI=1S/C5H4ClNO3S/c1-10-5-7-2(4(8)9)3(6)11-5/h1H3,(H,8,9). The maximum atomic E-state index is 10.4. The summed E-state index contributed by atoms with van der Waals surface area (Å²) in [6, 6.07) is 0. The van der Waals surface area contributed by atoms with Gasteiger partial charge in [0.2, 0.25) is 0 Å². The van der Waals surface area contributed by atoms with Gasteiger partial charge in [0, 0.05) is 0 Å². The fourth-order valence-electron chi connectivity index (χ4n) is 0.502. The molecule has 1 N–H and O–H groups in total. The molecule has 0 aliphatic carbocycles. The molecule has 1 aromatic heterocycles. The number of rotatable bonds is 2. The minimum Gasteiger partial charge on any atom is -0.476 e. The maximum absolute atomic E-state index is 10.4. The van der Waals surface area contributed by atoms with E-state index in [1.165, 1.54) is 7.11 Å². The van der Waals surface area contributed by atoms with Crippen LogP contribution in [0.1, 0.15) is 10.5 Å². The lowest BCUT2D eigenvalue weighted by atomic mass is 10.5. The van der Waals surface area contributed by atoms with Crippen molar-refractivity contribution in [2.75, 3.05) is 7.11 Å². The summed E-state index contributed by atoms with van der Waals surface area (Å²) < 4.78 is 4.82. The molecular formula is C5H4ClNO3S. The predicted octanol–water partition coefficient (Wildman–Crippen LogP) is 1.50. The second kappa shape index (κ2) is 3.06. The van der Waals surface area contributed by atoms with Crippen LogP contribution in [-0.2, 0) is 0 Å². The molecule has 11 heavy (non-hydrogen) atoms. The van der Waals surface area contributed by atoms with Crippen molar-refractivity contribution in [1.29, 1.82) is 0 Å². The van der Waals surface area contributed by atoms with Gasteiger partial charge >= 0.3 is 5.97 Å². The number of carboxylic acids is 1. The molecule has 0 spiro atoms. The number of hydrogen-bond donors (Lipinski definition) is 1. The van der Waals surface area contributed by atoms with Gasteiger partial charge in [0.15, 0.2) is 5.69 Å². The number of aromatic nitrogens is 1. The molecule has 0 fully saturated rings. The Hall–Kier alpha value is -0.810. The molecule has 0 atom stereocenters. The van der Waals surface area contributed by atoms with Gasteiger partial charge in [-0.3, -0.25) is 0 Å². The lowest BCUT2D eigenvalue weighted by Gasteiger charge is -1.86. The van der Waals surface area contributed by atoms with Gasteiger partial charge in [0.25, 0.3) is 5.19 Å². The molecule has 6 heteroatoms. The summed E-state index contributed by atoms with van der Waals surface area (Å²) in [5.41, 5.74) is -0.159. The van der Waals surface area contributed by atoms with Gasteiger partial charge in [-0.05, 0) is 0 Å². The number of carbonyl (C=O) groups is 1. The number of carboxylic acid groups (broad SMARTS) is 1. The van der Waals surface area contributed by atoms with Crippen molar-refractivity contribution in [2.45, 2.75) is 0 Å². The van der Waals surface area contributed by atoms with E-state index in [1.807, 2.05) is 0 Å². The summed E-state index contributed by atoms with van der Waals surface area (Å²) in [7, 11) is 1.40. The van der Waals surface area contributed by atoms with Gasteiger partial charge in [-0.1, -0.05) is 22.9 Å². The van der Waals surface area contributed by atoms with Crippen LogP contribution in [-0.4, -0.2) is 23.2 Å². The Balaban J connectivity index is 3.07. The van der Waals surface area contributed by atoms with Crippen LogP contribution < -0.4 is 4.74 Å². The summed E-state index contributed by atoms with van der Waals surface area (Å²) in [5.74, 6) is -1.14. The highest BCUT2D eigenvalue weighted by Crippen LogP contribution is 2.29. The molecule has 0 bridgehead atoms. The zero-order valence-corrected chi connectivity index (χ0v) is 7.07. The monoisotopic (exact) mass is 193 g/mol. The van der Waals surface area contributed by atoms with Crippen LogP contribution in [0.5, 0.6) is 5.19 Å². The molecular weight excluding hydrogens is 190 g/mol. The summed E-state index contributed by atoms with van der Waals surface area (Å²) in [4.78, 5) is 13.9. The van der Waals surface area contributed by atoms with Gasteiger partial charge < -0.3 is 9.84 Å². The summed E-state index contributed by atoms with van der Waals surface area (Å²) >= 11 is 6.51. The number of aromatic carboxylic acids is 1. The lowest BCUT2D eigenvalue weighted by molar-refractivity contribution is 0.0691. The van der Waals surface area contributed by atoms with Crippen LogP contribution in [0.25, 0.3) is 0 Å². The molecule has 0 amide bonds. The Morgan fingerprint density at radius 1 is 1.82 bits per heavy atom. The smallest absolute Gasteiger partial charge is 0.357 e. The zero-order valence-electron chi connectivity index (χ0n) is 5.50. The predicted molar refractivity (Wildman–Crippen MR) is 40.6 cm³/mol. The Labute approximate surface area is 71.4 Å². The fourth-order valence-corrected chi connectivity index (χ4v) is 1.43. The number of thiazole rings is 1. The van der Waals surface area contributed by atoms with E-state index in [4.69, 9.17) is 16.7 Å². The van der Waals surface area contributed by atoms with Crippen LogP contribution in [0.2, 0.25) is 4.34 Å². The molecule has 0 unspecified atom stereocenters. The summed E-state index contributed by atoms with van der Waals surface area (Å²) in [6.07, 6.45) is 0. The minimum absolute atomic E-state index is 0.134. The molecule has 60 valence electrons. The minimum atomic E-state index is -1.14. The number of hydrogen-bond acceptors (Lipinski definition) is 4. The lowest BCUT2D eigenvalue weighted by Crippen LogP contribution is -1.96. The topological polar surface area (TPSA) is 59.4 Å². The molecule has 0 saturated heterocycles. The zero-order chi connectivity index (χ0) is 8.43. The Bertz CT molecular complexity index is 285. The van der Waals surface area contributed by atoms with E-state index >= 15 is 0 Å². The highest BCUT2D eigenvalue weighted by molar-refractivity contribution is 7.17. The SMILES string of the molecule is COc1nc(C(=O)O)c(Cl)s1. The summed E-state index contributed by atoms with van der Waals surface area (Å²) in [5, 5.41) is 8.74. The first-order chi connectivity index (χ1) is 5.15. The normalized spacial score (nSPS) is 9.64. The molecule has 1 rings (SSSR count). The third kappa shape index (κ3) is 1.61. The second-order valence-corrected chi connectivity index (χ2v) is 3.18. The first-order valence-electron chi connectivity index (χ1n) is 2.58. The van der Waals surface area contributed by atoms with E-state index in [-0.39, 0.29) is 15.2 Å². The average Bonchev–Trinajstić information content (AvgIpc) is 2.30. The van der Waals surface area contributed by atoms with E-state index in [2.05, 4.69) is 9.72 Å². The van der Waals surface area contributed by atoms with Gasteiger partial charge in [-0.15, -0.1) is 0 Å². The molecule has 0 aliphatic rings. The van der Waals surface area contributed by atoms with Crippen LogP contribution >= 0.6 is 22.9 Å². The molecule has 0 aliphatic heterocycles. The van der Waals surface area contributed by atoms with Crippen molar-refractivity contribution >= 4 is 28.9 Å². The Kier molecular flexibility index (Phi) is 2.31. The molecule has 1 heterocycles. The van der Waals surface area contributed by atoms with Crippen molar-refractivity contribution in [2.24, 2.45) is 0 Å². The van der Waals surface area contributed by atoms with Crippen LogP contribution in [0.3, 0.4) is 0 Å². The average molecular weight is 194 g/mol. The second-order valence-electron chi connectivity index (χ2n) is 1.61. The van der Waals surface area contributed by atoms with E-state index in [0.29, 0.717) is 0 Å². The highest BCUT2D eigenvalue weighted by atomic mass is 35.5. The molecule has 1 aromatic rings. The van der Waals surface area contributed by atoms with Crippen LogP contribution in [0.4, 0.5) is 0 Å². The molecule has 0 radical (unpaired) electrons. The third-order valence-electron chi connectivity index (χ3n) is 0.943. The Morgan fingerprint density at radius 3 is 2.73 bits per heavy atom. The third-order valence-corrected chi connectivity index (χ3v) is 2.16. The Morgan fingerprint density at radius 2 is 2.45 bits per heavy atom. The van der Waals surface area contributed by atoms with Crippen molar-refractivity contribution in [1.82, 2.24) is 4.98 Å². The van der Waals surface area contributed by atoms with Gasteiger partial charge in [0.05, 0.1) is 7.11 Å². The molecule has 4 nitrogen and oxygen atoms in total. The van der Waals surface area contributed by atoms with Crippen LogP contribution in [0, 0.1) is 0 Å². The van der Waals surface area contributed by atoms with Crippen molar-refractivity contribution in [3.8, 4) is 5.19 Å². The largest absolute Gasteiger partial charge is 0.476 e. The van der Waals surface area contributed by atoms with Crippen molar-refractivity contribution in [3.63, 3.8) is 0 Å². The first kappa shape index (κ1) is 8.29. The maximum Gasteiger partial charge on any atom is 0.357 e. The van der Waals surface area contributed by atoms with Gasteiger partial charge in [-0.25, -0.2) is 4.79 Å². The van der Waals surface area contributed by atoms with E-state index in [9.17, 15) is 4.79 Å². The quantitative estimate of drug-likeness (QED) is 0.774. The number of ether oxygens (including phenoxy) is 1. The number of methoxy groups -OCH3 is 1. The highest BCUT2D eigenvalue weighted by Gasteiger charge is 2.15. The van der Waals surface area contributed by atoms with E-state index in [0.717, 1.165) is 11.3 Å². The van der Waals surface area contributed by atoms with Gasteiger partial charge in [-0.2, -0.15) is 4.98 Å².